The van der Waals surface area contributed by atoms with Crippen LogP contribution >= 0.6 is 11.8 Å². The molecule has 0 aromatic heterocycles. The largest absolute Gasteiger partial charge is 0.362 e. The van der Waals surface area contributed by atoms with Gasteiger partial charge in [0.05, 0.1) is 6.04 Å². The van der Waals surface area contributed by atoms with E-state index in [9.17, 15) is 0 Å². The zero-order valence-electron chi connectivity index (χ0n) is 11.6. The molecule has 2 rings (SSSR count). The maximum absolute atomic E-state index is 4.98. The van der Waals surface area contributed by atoms with Crippen LogP contribution in [0.3, 0.4) is 0 Å². The Kier molecular flexibility index (Phi) is 4.40. The number of nitrogens with one attached hydrogen (secondary N) is 1. The number of thioether (sulfide) groups is 1. The SMILES string of the molecule is CC1CSC(=NC2CCCC(C)C2C)NC1C. The molecule has 17 heavy (non-hydrogen) atoms. The minimum atomic E-state index is 0.550. The molecule has 1 aliphatic carbocycles. The van der Waals surface area contributed by atoms with E-state index >= 15 is 0 Å². The average molecular weight is 254 g/mol. The van der Waals surface area contributed by atoms with Gasteiger partial charge in [-0.15, -0.1) is 0 Å². The van der Waals surface area contributed by atoms with Crippen LogP contribution in [0.1, 0.15) is 47.0 Å². The van der Waals surface area contributed by atoms with Crippen molar-refractivity contribution in [2.24, 2.45) is 22.7 Å². The molecule has 0 spiro atoms. The van der Waals surface area contributed by atoms with E-state index < -0.39 is 0 Å². The lowest BCUT2D eigenvalue weighted by atomic mass is 9.78. The Bertz CT molecular complexity index is 290. The van der Waals surface area contributed by atoms with Crippen molar-refractivity contribution in [3.8, 4) is 0 Å². The lowest BCUT2D eigenvalue weighted by Crippen LogP contribution is -2.42. The standard InChI is InChI=1S/C14H26N2S/c1-9-6-5-7-13(11(9)3)16-14-15-12(4)10(2)8-17-14/h9-13H,5-8H2,1-4H3,(H,15,16). The Morgan fingerprint density at radius 3 is 2.59 bits per heavy atom. The maximum atomic E-state index is 4.98. The summed E-state index contributed by atoms with van der Waals surface area (Å²) in [6.07, 6.45) is 4.02. The minimum absolute atomic E-state index is 0.550. The molecule has 5 atom stereocenters. The second-order valence-corrected chi connectivity index (χ2v) is 7.00. The van der Waals surface area contributed by atoms with Crippen LogP contribution in [0, 0.1) is 17.8 Å². The first-order valence-electron chi connectivity index (χ1n) is 7.05. The molecular weight excluding hydrogens is 228 g/mol. The molecule has 0 aromatic rings. The van der Waals surface area contributed by atoms with Crippen molar-refractivity contribution >= 4 is 16.9 Å². The third-order valence-corrected chi connectivity index (χ3v) is 5.82. The van der Waals surface area contributed by atoms with Crippen molar-refractivity contribution in [2.45, 2.75) is 59.0 Å². The monoisotopic (exact) mass is 254 g/mol. The Labute approximate surface area is 110 Å². The highest BCUT2D eigenvalue weighted by Gasteiger charge is 2.28. The Balaban J connectivity index is 1.98. The van der Waals surface area contributed by atoms with Crippen molar-refractivity contribution < 1.29 is 0 Å². The van der Waals surface area contributed by atoms with Crippen LogP contribution in [0.5, 0.6) is 0 Å². The summed E-state index contributed by atoms with van der Waals surface area (Å²) >= 11 is 1.91. The van der Waals surface area contributed by atoms with Crippen LogP contribution in [0.25, 0.3) is 0 Å². The summed E-state index contributed by atoms with van der Waals surface area (Å²) in [5.41, 5.74) is 0. The topological polar surface area (TPSA) is 24.4 Å². The predicted molar refractivity (Wildman–Crippen MR) is 77.6 cm³/mol. The molecule has 1 N–H and O–H groups in total. The van der Waals surface area contributed by atoms with Crippen molar-refractivity contribution in [2.75, 3.05) is 5.75 Å². The van der Waals surface area contributed by atoms with Crippen molar-refractivity contribution in [3.05, 3.63) is 0 Å². The van der Waals surface area contributed by atoms with Crippen LogP contribution in [0.4, 0.5) is 0 Å². The molecule has 1 heterocycles. The number of hydrogen-bond acceptors (Lipinski definition) is 2. The Morgan fingerprint density at radius 1 is 1.12 bits per heavy atom. The highest BCUT2D eigenvalue weighted by Crippen LogP contribution is 2.32. The van der Waals surface area contributed by atoms with Gasteiger partial charge in [0, 0.05) is 11.8 Å². The van der Waals surface area contributed by atoms with Gasteiger partial charge in [0.2, 0.25) is 0 Å². The van der Waals surface area contributed by atoms with Crippen LogP contribution < -0.4 is 5.32 Å². The van der Waals surface area contributed by atoms with Gasteiger partial charge in [0.25, 0.3) is 0 Å². The first-order valence-corrected chi connectivity index (χ1v) is 8.03. The van der Waals surface area contributed by atoms with E-state index in [0.717, 1.165) is 17.8 Å². The van der Waals surface area contributed by atoms with Gasteiger partial charge in [-0.05, 0) is 31.1 Å². The fourth-order valence-electron chi connectivity index (χ4n) is 2.69. The van der Waals surface area contributed by atoms with Crippen LogP contribution in [0.2, 0.25) is 0 Å². The predicted octanol–water partition coefficient (Wildman–Crippen LogP) is 3.53. The highest BCUT2D eigenvalue weighted by atomic mass is 32.2. The lowest BCUT2D eigenvalue weighted by Gasteiger charge is -2.34. The molecule has 0 aromatic carbocycles. The summed E-state index contributed by atoms with van der Waals surface area (Å²) in [5, 5.41) is 4.76. The fraction of sp³-hybridized carbons (Fsp3) is 0.929. The molecule has 0 radical (unpaired) electrons. The number of hydrogen-bond donors (Lipinski definition) is 1. The first kappa shape index (κ1) is 13.3. The third-order valence-electron chi connectivity index (χ3n) is 4.63. The van der Waals surface area contributed by atoms with Gasteiger partial charge in [0.15, 0.2) is 5.17 Å². The smallest absolute Gasteiger partial charge is 0.157 e. The second-order valence-electron chi connectivity index (χ2n) is 5.99. The molecule has 2 aliphatic rings. The maximum Gasteiger partial charge on any atom is 0.157 e. The Morgan fingerprint density at radius 2 is 1.88 bits per heavy atom. The van der Waals surface area contributed by atoms with Crippen LogP contribution in [-0.4, -0.2) is 23.0 Å². The van der Waals surface area contributed by atoms with Gasteiger partial charge in [0.1, 0.15) is 0 Å². The highest BCUT2D eigenvalue weighted by molar-refractivity contribution is 8.13. The van der Waals surface area contributed by atoms with Gasteiger partial charge in [-0.3, -0.25) is 4.99 Å². The average Bonchev–Trinajstić information content (AvgIpc) is 2.30. The number of nitrogens with zero attached hydrogens (tertiary/aromatic N) is 1. The van der Waals surface area contributed by atoms with Crippen molar-refractivity contribution in [1.29, 1.82) is 0 Å². The zero-order valence-corrected chi connectivity index (χ0v) is 12.4. The normalized spacial score (nSPS) is 45.6. The molecule has 3 heteroatoms. The van der Waals surface area contributed by atoms with Gasteiger partial charge in [-0.2, -0.15) is 0 Å². The minimum Gasteiger partial charge on any atom is -0.362 e. The summed E-state index contributed by atoms with van der Waals surface area (Å²) in [6, 6.07) is 1.13. The number of aliphatic imine (C=N–C) groups is 1. The molecule has 1 aliphatic heterocycles. The summed E-state index contributed by atoms with van der Waals surface area (Å²) < 4.78 is 0. The number of amidine groups is 1. The second kappa shape index (κ2) is 5.64. The Hall–Kier alpha value is -0.180. The van der Waals surface area contributed by atoms with Gasteiger partial charge in [-0.25, -0.2) is 0 Å². The van der Waals surface area contributed by atoms with E-state index in [1.807, 2.05) is 11.8 Å². The number of rotatable bonds is 1. The van der Waals surface area contributed by atoms with E-state index in [-0.39, 0.29) is 0 Å². The third kappa shape index (κ3) is 3.18. The molecule has 1 saturated carbocycles. The van der Waals surface area contributed by atoms with E-state index in [4.69, 9.17) is 4.99 Å². The van der Waals surface area contributed by atoms with Crippen molar-refractivity contribution in [1.82, 2.24) is 5.32 Å². The molecule has 0 amide bonds. The summed E-state index contributed by atoms with van der Waals surface area (Å²) in [6.45, 7) is 9.33. The van der Waals surface area contributed by atoms with Crippen LogP contribution in [0.15, 0.2) is 4.99 Å². The molecule has 2 fully saturated rings. The van der Waals surface area contributed by atoms with E-state index in [1.54, 1.807) is 0 Å². The summed E-state index contributed by atoms with van der Waals surface area (Å²) in [7, 11) is 0. The molecule has 2 nitrogen and oxygen atoms in total. The fourth-order valence-corrected chi connectivity index (χ4v) is 3.88. The summed E-state index contributed by atoms with van der Waals surface area (Å²) in [4.78, 5) is 4.98. The molecule has 98 valence electrons. The van der Waals surface area contributed by atoms with Gasteiger partial charge in [-0.1, -0.05) is 45.4 Å². The summed E-state index contributed by atoms with van der Waals surface area (Å²) in [5.74, 6) is 3.54. The van der Waals surface area contributed by atoms with Gasteiger partial charge >= 0.3 is 0 Å². The van der Waals surface area contributed by atoms with Crippen molar-refractivity contribution in [3.63, 3.8) is 0 Å². The molecule has 1 saturated heterocycles. The van der Waals surface area contributed by atoms with Crippen LogP contribution in [-0.2, 0) is 0 Å². The zero-order chi connectivity index (χ0) is 12.4. The molecular formula is C14H26N2S. The lowest BCUT2D eigenvalue weighted by molar-refractivity contribution is 0.241. The van der Waals surface area contributed by atoms with E-state index in [1.165, 1.54) is 30.2 Å². The van der Waals surface area contributed by atoms with Gasteiger partial charge < -0.3 is 5.32 Å². The quantitative estimate of drug-likeness (QED) is 0.774. The van der Waals surface area contributed by atoms with E-state index in [0.29, 0.717) is 12.1 Å². The van der Waals surface area contributed by atoms with E-state index in [2.05, 4.69) is 33.0 Å². The molecule has 5 unspecified atom stereocenters. The first-order chi connectivity index (χ1) is 8.08. The molecule has 0 bridgehead atoms.